The topological polar surface area (TPSA) is 93.6 Å². The Kier molecular flexibility index (Phi) is 7.71. The van der Waals surface area contributed by atoms with E-state index in [9.17, 15) is 17.7 Å². The van der Waals surface area contributed by atoms with Crippen molar-refractivity contribution in [2.24, 2.45) is 5.41 Å². The number of carboxylic acid groups (broad SMARTS) is 1. The highest BCUT2D eigenvalue weighted by Gasteiger charge is 2.49. The van der Waals surface area contributed by atoms with E-state index in [1.807, 2.05) is 26.8 Å². The van der Waals surface area contributed by atoms with E-state index in [2.05, 4.69) is 22.2 Å². The second kappa shape index (κ2) is 9.33. The van der Waals surface area contributed by atoms with Crippen LogP contribution >= 0.6 is 0 Å². The second-order valence-electron chi connectivity index (χ2n) is 8.59. The van der Waals surface area contributed by atoms with Crippen molar-refractivity contribution in [2.75, 3.05) is 20.2 Å². The predicted octanol–water partition coefficient (Wildman–Crippen LogP) is 3.35. The summed E-state index contributed by atoms with van der Waals surface area (Å²) >= 11 is -1.07. The fourth-order valence-electron chi connectivity index (χ4n) is 3.82. The van der Waals surface area contributed by atoms with Gasteiger partial charge in [-0.1, -0.05) is 6.07 Å². The van der Waals surface area contributed by atoms with Crippen LogP contribution in [-0.4, -0.2) is 46.8 Å². The third-order valence-electron chi connectivity index (χ3n) is 5.44. The minimum absolute atomic E-state index is 0.158. The molecule has 2 aliphatic rings. The van der Waals surface area contributed by atoms with Gasteiger partial charge in [0.05, 0.1) is 13.2 Å². The number of alkyl halides is 3. The highest BCUT2D eigenvalue weighted by atomic mass is 32.2. The van der Waals surface area contributed by atoms with Gasteiger partial charge in [-0.15, -0.1) is 4.72 Å². The number of fused-ring (bicyclic) bond motifs is 1. The molecule has 0 bridgehead atoms. The summed E-state index contributed by atoms with van der Waals surface area (Å²) in [4.78, 5) is 8.90. The largest absolute Gasteiger partial charge is 0.598 e. The van der Waals surface area contributed by atoms with Gasteiger partial charge in [0.1, 0.15) is 10.5 Å². The van der Waals surface area contributed by atoms with Gasteiger partial charge in [-0.2, -0.15) is 13.2 Å². The fourth-order valence-corrected chi connectivity index (χ4v) is 4.76. The number of aliphatic carboxylic acids is 1. The van der Waals surface area contributed by atoms with Crippen molar-refractivity contribution in [1.82, 2.24) is 10.0 Å². The SMILES string of the molecule is COc1ccc2c(c1)CC1(CCNCC1)[C@@H]2N[S+]([O-])C(C)(C)C.O=C(O)C(F)(F)F. The smallest absolute Gasteiger partial charge is 0.490 e. The normalized spacial score (nSPS) is 21.4. The Bertz CT molecular complexity index is 747. The first-order valence-electron chi connectivity index (χ1n) is 9.66. The van der Waals surface area contributed by atoms with Crippen molar-refractivity contribution in [3.05, 3.63) is 29.3 Å². The average molecular weight is 451 g/mol. The first-order chi connectivity index (χ1) is 13.8. The van der Waals surface area contributed by atoms with Gasteiger partial charge in [0, 0.05) is 16.8 Å². The number of nitrogens with one attached hydrogen (secondary N) is 2. The third-order valence-corrected chi connectivity index (χ3v) is 7.00. The molecular formula is C20H29F3N2O4S. The summed E-state index contributed by atoms with van der Waals surface area (Å²) in [6.45, 7) is 8.14. The molecule has 1 unspecified atom stereocenters. The van der Waals surface area contributed by atoms with E-state index in [1.54, 1.807) is 7.11 Å². The van der Waals surface area contributed by atoms with E-state index < -0.39 is 23.5 Å². The molecule has 0 amide bonds. The predicted molar refractivity (Wildman–Crippen MR) is 109 cm³/mol. The Labute approximate surface area is 177 Å². The van der Waals surface area contributed by atoms with Gasteiger partial charge < -0.3 is 19.7 Å². The van der Waals surface area contributed by atoms with Gasteiger partial charge in [-0.05, 0) is 76.4 Å². The molecule has 1 heterocycles. The van der Waals surface area contributed by atoms with Crippen molar-refractivity contribution in [3.63, 3.8) is 0 Å². The van der Waals surface area contributed by atoms with E-state index in [1.165, 1.54) is 11.1 Å². The van der Waals surface area contributed by atoms with Crippen LogP contribution in [0.2, 0.25) is 0 Å². The molecule has 1 aliphatic carbocycles. The van der Waals surface area contributed by atoms with Crippen LogP contribution in [0.4, 0.5) is 13.2 Å². The van der Waals surface area contributed by atoms with Gasteiger partial charge >= 0.3 is 12.1 Å². The first-order valence-corrected chi connectivity index (χ1v) is 10.8. The Morgan fingerprint density at radius 2 is 1.87 bits per heavy atom. The Morgan fingerprint density at radius 1 is 1.30 bits per heavy atom. The van der Waals surface area contributed by atoms with Crippen LogP contribution in [0.25, 0.3) is 0 Å². The zero-order valence-electron chi connectivity index (χ0n) is 17.6. The van der Waals surface area contributed by atoms with Gasteiger partial charge in [0.2, 0.25) is 0 Å². The molecule has 1 aromatic carbocycles. The zero-order chi connectivity index (χ0) is 22.7. The molecule has 1 spiro atoms. The summed E-state index contributed by atoms with van der Waals surface area (Å²) in [6.07, 6.45) is -1.81. The maximum atomic E-state index is 12.7. The zero-order valence-corrected chi connectivity index (χ0v) is 18.4. The maximum Gasteiger partial charge on any atom is 0.490 e. The summed E-state index contributed by atoms with van der Waals surface area (Å²) in [5.74, 6) is -1.85. The summed E-state index contributed by atoms with van der Waals surface area (Å²) in [6, 6.07) is 6.49. The van der Waals surface area contributed by atoms with Crippen LogP contribution in [0, 0.1) is 5.41 Å². The quantitative estimate of drug-likeness (QED) is 0.612. The fraction of sp³-hybridized carbons (Fsp3) is 0.650. The number of benzene rings is 1. The number of carbonyl (C=O) groups is 1. The molecule has 3 rings (SSSR count). The molecule has 0 aromatic heterocycles. The van der Waals surface area contributed by atoms with Gasteiger partial charge in [-0.3, -0.25) is 0 Å². The van der Waals surface area contributed by atoms with Gasteiger partial charge in [0.15, 0.2) is 0 Å². The summed E-state index contributed by atoms with van der Waals surface area (Å²) in [7, 11) is 1.71. The molecule has 170 valence electrons. The molecule has 3 N–H and O–H groups in total. The molecule has 2 atom stereocenters. The van der Waals surface area contributed by atoms with Gasteiger partial charge in [-0.25, -0.2) is 4.79 Å². The van der Waals surface area contributed by atoms with Crippen LogP contribution < -0.4 is 14.8 Å². The number of hydrogen-bond acceptors (Lipinski definition) is 5. The van der Waals surface area contributed by atoms with E-state index in [4.69, 9.17) is 14.6 Å². The number of carboxylic acids is 1. The lowest BCUT2D eigenvalue weighted by molar-refractivity contribution is -0.192. The lowest BCUT2D eigenvalue weighted by Gasteiger charge is -2.40. The maximum absolute atomic E-state index is 12.7. The average Bonchev–Trinajstić information content (AvgIpc) is 2.93. The minimum Gasteiger partial charge on any atom is -0.598 e. The van der Waals surface area contributed by atoms with Crippen molar-refractivity contribution in [2.45, 2.75) is 57.0 Å². The molecule has 1 aliphatic heterocycles. The molecule has 0 radical (unpaired) electrons. The number of halogens is 3. The molecule has 6 nitrogen and oxygen atoms in total. The lowest BCUT2D eigenvalue weighted by atomic mass is 9.73. The summed E-state index contributed by atoms with van der Waals surface area (Å²) in [5.41, 5.74) is 2.81. The highest BCUT2D eigenvalue weighted by Crippen LogP contribution is 2.52. The van der Waals surface area contributed by atoms with Crippen molar-refractivity contribution in [3.8, 4) is 5.75 Å². The second-order valence-corrected chi connectivity index (χ2v) is 10.6. The Morgan fingerprint density at radius 3 is 2.33 bits per heavy atom. The minimum atomic E-state index is -5.08. The van der Waals surface area contributed by atoms with E-state index in [0.717, 1.165) is 38.1 Å². The Balaban J connectivity index is 0.000000396. The standard InChI is InChI=1S/C18H28N2O2S.C2HF3O2/c1-17(2,3)23(21)20-16-15-6-5-14(22-4)11-13(15)12-18(16)7-9-19-10-8-18;3-2(4,5)1(6)7/h5-6,11,16,19-20H,7-10,12H2,1-4H3;(H,6,7)/t16-,23?;/m1./s1. The van der Waals surface area contributed by atoms with Crippen molar-refractivity contribution >= 4 is 17.3 Å². The van der Waals surface area contributed by atoms with Crippen LogP contribution in [-0.2, 0) is 22.6 Å². The van der Waals surface area contributed by atoms with Crippen molar-refractivity contribution in [1.29, 1.82) is 0 Å². The van der Waals surface area contributed by atoms with E-state index in [-0.39, 0.29) is 16.2 Å². The number of piperidine rings is 1. The number of ether oxygens (including phenoxy) is 1. The molecule has 1 fully saturated rings. The molecule has 30 heavy (non-hydrogen) atoms. The molecule has 1 aromatic rings. The van der Waals surface area contributed by atoms with E-state index >= 15 is 0 Å². The van der Waals surface area contributed by atoms with Gasteiger partial charge in [0.25, 0.3) is 0 Å². The summed E-state index contributed by atoms with van der Waals surface area (Å²) < 4.78 is 53.1. The summed E-state index contributed by atoms with van der Waals surface area (Å²) in [5, 5.41) is 10.6. The third kappa shape index (κ3) is 5.81. The number of rotatable bonds is 3. The molecule has 1 saturated heterocycles. The van der Waals surface area contributed by atoms with E-state index in [0.29, 0.717) is 0 Å². The lowest BCUT2D eigenvalue weighted by Crippen LogP contribution is -2.48. The van der Waals surface area contributed by atoms with Crippen LogP contribution in [0.3, 0.4) is 0 Å². The van der Waals surface area contributed by atoms with Crippen LogP contribution in [0.15, 0.2) is 18.2 Å². The van der Waals surface area contributed by atoms with Crippen LogP contribution in [0.1, 0.15) is 50.8 Å². The van der Waals surface area contributed by atoms with Crippen LogP contribution in [0.5, 0.6) is 5.75 Å². The first kappa shape index (κ1) is 24.8. The molecule has 0 saturated carbocycles. The monoisotopic (exact) mass is 450 g/mol. The number of methoxy groups -OCH3 is 1. The number of hydrogen-bond donors (Lipinski definition) is 3. The molecular weight excluding hydrogens is 421 g/mol. The highest BCUT2D eigenvalue weighted by molar-refractivity contribution is 7.90. The molecule has 10 heteroatoms. The Hall–Kier alpha value is -1.49. The van der Waals surface area contributed by atoms with Crippen molar-refractivity contribution < 1.29 is 32.4 Å².